The lowest BCUT2D eigenvalue weighted by Crippen LogP contribution is -2.21. The minimum Gasteiger partial charge on any atom is -0.495 e. The number of hydrogen-bond acceptors (Lipinski definition) is 8. The van der Waals surface area contributed by atoms with Crippen LogP contribution < -0.4 is 26.2 Å². The van der Waals surface area contributed by atoms with E-state index >= 15 is 0 Å². The van der Waals surface area contributed by atoms with Crippen molar-refractivity contribution in [1.29, 1.82) is 0 Å². The van der Waals surface area contributed by atoms with Crippen molar-refractivity contribution in [3.05, 3.63) is 59.8 Å². The number of hydroxylamine groups is 1. The van der Waals surface area contributed by atoms with Gasteiger partial charge in [-0.3, -0.25) is 9.63 Å². The van der Waals surface area contributed by atoms with Crippen LogP contribution in [0.4, 0.5) is 36.3 Å². The number of ether oxygens (including phenoxy) is 1. The van der Waals surface area contributed by atoms with Crippen molar-refractivity contribution in [2.45, 2.75) is 6.18 Å². The average molecular weight is 509 g/mol. The van der Waals surface area contributed by atoms with Gasteiger partial charge >= 0.3 is 6.18 Å². The first-order valence-electron chi connectivity index (χ1n) is 10.1. The third-order valence-corrected chi connectivity index (χ3v) is 6.29. The van der Waals surface area contributed by atoms with Gasteiger partial charge in [-0.05, 0) is 43.7 Å². The highest BCUT2D eigenvalue weighted by Crippen LogP contribution is 2.40. The van der Waals surface area contributed by atoms with Crippen molar-refractivity contribution in [3.8, 4) is 5.75 Å². The van der Waals surface area contributed by atoms with Gasteiger partial charge in [0.05, 0.1) is 25.6 Å². The molecule has 0 aliphatic carbocycles. The number of nitrogens with one attached hydrogen (secondary N) is 3. The number of hydrogen-bond donors (Lipinski definition) is 3. The predicted molar refractivity (Wildman–Crippen MR) is 127 cm³/mol. The number of aromatic nitrogens is 2. The first kappa shape index (κ1) is 26.0. The molecular formula is C22H23F3N5O4P. The molecule has 0 bridgehead atoms. The molecule has 186 valence electrons. The molecule has 13 heteroatoms. The van der Waals surface area contributed by atoms with Gasteiger partial charge in [-0.1, -0.05) is 12.1 Å². The van der Waals surface area contributed by atoms with Crippen LogP contribution in [0.3, 0.4) is 0 Å². The standard InChI is InChI=1S/C22H23F3N5O4P/c1-33-17-11-13(20(31)30-34-2)9-10-15(17)28-21-26-12-14(22(23,24)25)19(29-21)27-16-7-5-6-8-18(16)35(3,4)32/h5-12H,1-4H3,(H,30,31)(H2,26,27,28,29). The molecule has 1 amide bonds. The van der Waals surface area contributed by atoms with E-state index in [1.54, 1.807) is 18.2 Å². The van der Waals surface area contributed by atoms with Crippen LogP contribution in [0.2, 0.25) is 0 Å². The Balaban J connectivity index is 2.00. The number of para-hydroxylation sites is 1. The molecule has 0 saturated heterocycles. The molecule has 35 heavy (non-hydrogen) atoms. The number of benzene rings is 2. The lowest BCUT2D eigenvalue weighted by molar-refractivity contribution is -0.137. The highest BCUT2D eigenvalue weighted by molar-refractivity contribution is 7.70. The van der Waals surface area contributed by atoms with Crippen molar-refractivity contribution in [3.63, 3.8) is 0 Å². The summed E-state index contributed by atoms with van der Waals surface area (Å²) < 4.78 is 59.0. The fourth-order valence-electron chi connectivity index (χ4n) is 3.13. The van der Waals surface area contributed by atoms with Crippen molar-refractivity contribution in [1.82, 2.24) is 15.4 Å². The van der Waals surface area contributed by atoms with Gasteiger partial charge in [0.1, 0.15) is 24.3 Å². The van der Waals surface area contributed by atoms with Gasteiger partial charge in [-0.2, -0.15) is 18.2 Å². The van der Waals surface area contributed by atoms with Gasteiger partial charge < -0.3 is 19.9 Å². The zero-order chi connectivity index (χ0) is 25.8. The first-order valence-corrected chi connectivity index (χ1v) is 12.7. The number of amides is 1. The largest absolute Gasteiger partial charge is 0.495 e. The van der Waals surface area contributed by atoms with E-state index in [0.29, 0.717) is 17.2 Å². The normalized spacial score (nSPS) is 11.6. The Labute approximate surface area is 199 Å². The van der Waals surface area contributed by atoms with Gasteiger partial charge in [-0.15, -0.1) is 0 Å². The summed E-state index contributed by atoms with van der Waals surface area (Å²) in [5.41, 5.74) is 1.85. The Morgan fingerprint density at radius 1 is 1.03 bits per heavy atom. The van der Waals surface area contributed by atoms with Gasteiger partial charge in [0.25, 0.3) is 5.91 Å². The van der Waals surface area contributed by atoms with E-state index in [-0.39, 0.29) is 22.9 Å². The van der Waals surface area contributed by atoms with E-state index in [4.69, 9.17) is 4.74 Å². The average Bonchev–Trinajstić information content (AvgIpc) is 2.78. The van der Waals surface area contributed by atoms with E-state index < -0.39 is 30.6 Å². The second-order valence-corrected chi connectivity index (χ2v) is 10.8. The predicted octanol–water partition coefficient (Wildman–Crippen LogP) is 4.53. The van der Waals surface area contributed by atoms with Gasteiger partial charge in [0, 0.05) is 17.1 Å². The molecule has 3 aromatic rings. The topological polar surface area (TPSA) is 114 Å². The highest BCUT2D eigenvalue weighted by atomic mass is 31.2. The SMILES string of the molecule is CONC(=O)c1ccc(Nc2ncc(C(F)(F)F)c(Nc3ccccc3P(C)(C)=O)n2)c(OC)c1. The molecule has 1 aromatic heterocycles. The monoisotopic (exact) mass is 509 g/mol. The molecule has 3 rings (SSSR count). The summed E-state index contributed by atoms with van der Waals surface area (Å²) in [5, 5.41) is 5.85. The number of rotatable bonds is 8. The minimum atomic E-state index is -4.74. The fraction of sp³-hybridized carbons (Fsp3) is 0.227. The van der Waals surface area contributed by atoms with Gasteiger partial charge in [-0.25, -0.2) is 10.5 Å². The summed E-state index contributed by atoms with van der Waals surface area (Å²) in [5.74, 6) is -0.986. The number of anilines is 4. The van der Waals surface area contributed by atoms with E-state index in [1.165, 1.54) is 51.8 Å². The van der Waals surface area contributed by atoms with Gasteiger partial charge in [0.2, 0.25) is 5.95 Å². The summed E-state index contributed by atoms with van der Waals surface area (Å²) >= 11 is 0. The molecule has 3 N–H and O–H groups in total. The number of carbonyl (C=O) groups is 1. The summed E-state index contributed by atoms with van der Waals surface area (Å²) in [6.07, 6.45) is -4.10. The summed E-state index contributed by atoms with van der Waals surface area (Å²) in [4.78, 5) is 24.4. The zero-order valence-corrected chi connectivity index (χ0v) is 20.1. The molecule has 2 aromatic carbocycles. The molecule has 9 nitrogen and oxygen atoms in total. The van der Waals surface area contributed by atoms with Crippen LogP contribution in [-0.4, -0.2) is 43.4 Å². The van der Waals surface area contributed by atoms with Crippen molar-refractivity contribution < 1.29 is 32.1 Å². The Morgan fingerprint density at radius 3 is 2.37 bits per heavy atom. The van der Waals surface area contributed by atoms with Crippen LogP contribution in [-0.2, 0) is 15.6 Å². The Kier molecular flexibility index (Phi) is 7.67. The first-order chi connectivity index (χ1) is 16.4. The van der Waals surface area contributed by atoms with E-state index in [2.05, 4.69) is 30.9 Å². The van der Waals surface area contributed by atoms with Crippen molar-refractivity contribution in [2.24, 2.45) is 0 Å². The quantitative estimate of drug-likeness (QED) is 0.300. The second-order valence-electron chi connectivity index (χ2n) is 7.62. The molecule has 0 spiro atoms. The molecule has 1 heterocycles. The molecule has 0 saturated carbocycles. The maximum absolute atomic E-state index is 13.7. The number of methoxy groups -OCH3 is 1. The molecule has 0 atom stereocenters. The maximum Gasteiger partial charge on any atom is 0.421 e. The fourth-order valence-corrected chi connectivity index (χ4v) is 4.28. The van der Waals surface area contributed by atoms with Gasteiger partial charge in [0.15, 0.2) is 0 Å². The molecule has 0 aliphatic heterocycles. The molecule has 0 aliphatic rings. The number of alkyl halides is 3. The number of carbonyl (C=O) groups excluding carboxylic acids is 1. The van der Waals surface area contributed by atoms with Crippen LogP contribution in [0.1, 0.15) is 15.9 Å². The van der Waals surface area contributed by atoms with Crippen LogP contribution in [0, 0.1) is 0 Å². The molecule has 0 unspecified atom stereocenters. The molecule has 0 fully saturated rings. The third kappa shape index (κ3) is 6.28. The van der Waals surface area contributed by atoms with Crippen LogP contribution >= 0.6 is 7.14 Å². The molecule has 0 radical (unpaired) electrons. The Hall–Kier alpha value is -3.63. The van der Waals surface area contributed by atoms with E-state index in [1.807, 2.05) is 0 Å². The lowest BCUT2D eigenvalue weighted by atomic mass is 10.2. The molecular weight excluding hydrogens is 486 g/mol. The van der Waals surface area contributed by atoms with Crippen LogP contribution in [0.5, 0.6) is 5.75 Å². The Bertz CT molecular complexity index is 1280. The summed E-state index contributed by atoms with van der Waals surface area (Å²) in [6.45, 7) is 3.04. The van der Waals surface area contributed by atoms with Crippen molar-refractivity contribution in [2.75, 3.05) is 38.2 Å². The maximum atomic E-state index is 13.7. The third-order valence-electron chi connectivity index (χ3n) is 4.74. The second kappa shape index (κ2) is 10.3. The number of nitrogens with zero attached hydrogens (tertiary/aromatic N) is 2. The lowest BCUT2D eigenvalue weighted by Gasteiger charge is -2.18. The summed E-state index contributed by atoms with van der Waals surface area (Å²) in [6, 6.07) is 10.7. The Morgan fingerprint density at radius 2 is 1.74 bits per heavy atom. The zero-order valence-electron chi connectivity index (χ0n) is 19.2. The van der Waals surface area contributed by atoms with Crippen LogP contribution in [0.15, 0.2) is 48.7 Å². The number of halogens is 3. The van der Waals surface area contributed by atoms with E-state index in [0.717, 1.165) is 0 Å². The minimum absolute atomic E-state index is 0.165. The van der Waals surface area contributed by atoms with E-state index in [9.17, 15) is 22.5 Å². The van der Waals surface area contributed by atoms with Crippen LogP contribution in [0.25, 0.3) is 0 Å². The highest BCUT2D eigenvalue weighted by Gasteiger charge is 2.36. The summed E-state index contributed by atoms with van der Waals surface area (Å²) in [7, 11) is -0.151. The smallest absolute Gasteiger partial charge is 0.421 e. The van der Waals surface area contributed by atoms with Crippen molar-refractivity contribution >= 4 is 41.5 Å².